The van der Waals surface area contributed by atoms with Crippen molar-refractivity contribution in [2.75, 3.05) is 25.6 Å². The maximum atomic E-state index is 13.1. The van der Waals surface area contributed by atoms with Crippen molar-refractivity contribution in [1.82, 2.24) is 0 Å². The van der Waals surface area contributed by atoms with Crippen molar-refractivity contribution < 1.29 is 23.8 Å². The summed E-state index contributed by atoms with van der Waals surface area (Å²) in [5.74, 6) is 0.141. The van der Waals surface area contributed by atoms with Gasteiger partial charge in [0.25, 0.3) is 0 Å². The monoisotopic (exact) mass is 407 g/mol. The van der Waals surface area contributed by atoms with E-state index in [1.165, 1.54) is 24.3 Å². The fraction of sp³-hybridized carbons (Fsp3) is 0.208. The molecule has 0 atom stereocenters. The quantitative estimate of drug-likeness (QED) is 0.650. The lowest BCUT2D eigenvalue weighted by atomic mass is 9.77. The molecule has 1 saturated heterocycles. The first-order chi connectivity index (χ1) is 14.6. The summed E-state index contributed by atoms with van der Waals surface area (Å²) < 4.78 is 23.7. The number of halogens is 1. The Morgan fingerprint density at radius 3 is 2.37 bits per heavy atom. The largest absolute Gasteiger partial charge is 0.497 e. The Morgan fingerprint density at radius 2 is 1.80 bits per heavy atom. The second-order valence-electron chi connectivity index (χ2n) is 7.29. The standard InChI is InChI=1S/C24H22FNO4/c1-29-21-10-11-22(17(12-21)13-27)16-2-4-18(5-3-16)24(14-30-15-24)23(28)26-20-8-6-19(25)7-9-20/h2-12,27H,13-15H2,1H3,(H,26,28). The number of rotatable bonds is 6. The normalized spacial score (nSPS) is 14.6. The minimum atomic E-state index is -0.785. The third-order valence-electron chi connectivity index (χ3n) is 5.46. The minimum absolute atomic E-state index is 0.105. The van der Waals surface area contributed by atoms with Gasteiger partial charge in [-0.15, -0.1) is 0 Å². The summed E-state index contributed by atoms with van der Waals surface area (Å²) in [7, 11) is 1.59. The number of carbonyl (C=O) groups excluding carboxylic acids is 1. The Kier molecular flexibility index (Phi) is 5.53. The van der Waals surface area contributed by atoms with E-state index in [4.69, 9.17) is 9.47 Å². The second-order valence-corrected chi connectivity index (χ2v) is 7.29. The zero-order valence-electron chi connectivity index (χ0n) is 16.5. The zero-order valence-corrected chi connectivity index (χ0v) is 16.5. The molecule has 1 aliphatic rings. The van der Waals surface area contributed by atoms with Crippen LogP contribution in [-0.4, -0.2) is 31.3 Å². The molecule has 1 amide bonds. The van der Waals surface area contributed by atoms with Crippen molar-refractivity contribution in [1.29, 1.82) is 0 Å². The smallest absolute Gasteiger partial charge is 0.239 e. The van der Waals surface area contributed by atoms with Crippen LogP contribution in [0.15, 0.2) is 66.7 Å². The van der Waals surface area contributed by atoms with Gasteiger partial charge in [-0.2, -0.15) is 0 Å². The van der Waals surface area contributed by atoms with Gasteiger partial charge in [0.05, 0.1) is 26.9 Å². The number of benzene rings is 3. The van der Waals surface area contributed by atoms with Crippen molar-refractivity contribution in [3.05, 3.63) is 83.7 Å². The second kappa shape index (κ2) is 8.26. The molecule has 0 saturated carbocycles. The van der Waals surface area contributed by atoms with Gasteiger partial charge in [0.15, 0.2) is 0 Å². The van der Waals surface area contributed by atoms with E-state index < -0.39 is 5.41 Å². The number of amides is 1. The molecule has 6 heteroatoms. The lowest BCUT2D eigenvalue weighted by molar-refractivity contribution is -0.139. The van der Waals surface area contributed by atoms with Crippen LogP contribution in [0, 0.1) is 5.82 Å². The third kappa shape index (κ3) is 3.67. The predicted octanol–water partition coefficient (Wildman–Crippen LogP) is 3.90. The molecule has 0 radical (unpaired) electrons. The molecule has 1 fully saturated rings. The summed E-state index contributed by atoms with van der Waals surface area (Å²) in [5, 5.41) is 12.6. The van der Waals surface area contributed by atoms with Gasteiger partial charge in [0.1, 0.15) is 17.0 Å². The van der Waals surface area contributed by atoms with Gasteiger partial charge in [-0.25, -0.2) is 4.39 Å². The highest BCUT2D eigenvalue weighted by molar-refractivity contribution is 6.00. The SMILES string of the molecule is COc1ccc(-c2ccc(C3(C(=O)Nc4ccc(F)cc4)COC3)cc2)c(CO)c1. The molecule has 2 N–H and O–H groups in total. The number of hydrogen-bond acceptors (Lipinski definition) is 4. The number of methoxy groups -OCH3 is 1. The predicted molar refractivity (Wildman–Crippen MR) is 112 cm³/mol. The molecular formula is C24H22FNO4. The molecule has 0 spiro atoms. The van der Waals surface area contributed by atoms with Gasteiger partial charge in [-0.1, -0.05) is 30.3 Å². The van der Waals surface area contributed by atoms with Crippen LogP contribution < -0.4 is 10.1 Å². The van der Waals surface area contributed by atoms with Gasteiger partial charge < -0.3 is 19.9 Å². The van der Waals surface area contributed by atoms with Crippen LogP contribution in [0.2, 0.25) is 0 Å². The van der Waals surface area contributed by atoms with E-state index in [1.54, 1.807) is 13.2 Å². The fourth-order valence-corrected chi connectivity index (χ4v) is 3.60. The molecule has 5 nitrogen and oxygen atoms in total. The van der Waals surface area contributed by atoms with Crippen LogP contribution >= 0.6 is 0 Å². The van der Waals surface area contributed by atoms with Gasteiger partial charge >= 0.3 is 0 Å². The highest BCUT2D eigenvalue weighted by Crippen LogP contribution is 2.36. The first-order valence-electron chi connectivity index (χ1n) is 9.59. The summed E-state index contributed by atoms with van der Waals surface area (Å²) in [5.41, 5.74) is 3.19. The highest BCUT2D eigenvalue weighted by Gasteiger charge is 2.47. The Labute approximate surface area is 174 Å². The van der Waals surface area contributed by atoms with E-state index in [2.05, 4.69) is 5.32 Å². The number of anilines is 1. The topological polar surface area (TPSA) is 67.8 Å². The van der Waals surface area contributed by atoms with E-state index in [0.717, 1.165) is 22.3 Å². The van der Waals surface area contributed by atoms with Gasteiger partial charge in [0.2, 0.25) is 5.91 Å². The maximum absolute atomic E-state index is 13.1. The maximum Gasteiger partial charge on any atom is 0.239 e. The van der Waals surface area contributed by atoms with E-state index in [9.17, 15) is 14.3 Å². The number of hydrogen-bond donors (Lipinski definition) is 2. The molecule has 0 aliphatic carbocycles. The Hall–Kier alpha value is -3.22. The molecule has 1 aliphatic heterocycles. The molecule has 3 aromatic carbocycles. The van der Waals surface area contributed by atoms with Crippen molar-refractivity contribution in [2.24, 2.45) is 0 Å². The number of nitrogens with one attached hydrogen (secondary N) is 1. The van der Waals surface area contributed by atoms with Crippen LogP contribution in [0.25, 0.3) is 11.1 Å². The average Bonchev–Trinajstić information content (AvgIpc) is 2.74. The number of aliphatic hydroxyl groups excluding tert-OH is 1. The van der Waals surface area contributed by atoms with Crippen LogP contribution in [0.3, 0.4) is 0 Å². The van der Waals surface area contributed by atoms with Crippen LogP contribution in [-0.2, 0) is 21.6 Å². The molecule has 0 aromatic heterocycles. The summed E-state index contributed by atoms with van der Waals surface area (Å²) in [6, 6.07) is 18.9. The molecule has 4 rings (SSSR count). The summed E-state index contributed by atoms with van der Waals surface area (Å²) in [6.45, 7) is 0.458. The minimum Gasteiger partial charge on any atom is -0.497 e. The van der Waals surface area contributed by atoms with Crippen LogP contribution in [0.4, 0.5) is 10.1 Å². The van der Waals surface area contributed by atoms with Crippen molar-refractivity contribution >= 4 is 11.6 Å². The molecule has 30 heavy (non-hydrogen) atoms. The van der Waals surface area contributed by atoms with Crippen molar-refractivity contribution in [3.63, 3.8) is 0 Å². The Bertz CT molecular complexity index is 1040. The summed E-state index contributed by atoms with van der Waals surface area (Å²) in [6.07, 6.45) is 0. The Balaban J connectivity index is 1.59. The van der Waals surface area contributed by atoms with Crippen molar-refractivity contribution in [2.45, 2.75) is 12.0 Å². The molecule has 0 bridgehead atoms. The third-order valence-corrected chi connectivity index (χ3v) is 5.46. The molecule has 0 unspecified atom stereocenters. The van der Waals surface area contributed by atoms with E-state index in [1.807, 2.05) is 36.4 Å². The fourth-order valence-electron chi connectivity index (χ4n) is 3.60. The highest BCUT2D eigenvalue weighted by atomic mass is 19.1. The zero-order chi connectivity index (χ0) is 21.1. The molecule has 3 aromatic rings. The lowest BCUT2D eigenvalue weighted by Gasteiger charge is -2.40. The number of carbonyl (C=O) groups is 1. The van der Waals surface area contributed by atoms with Crippen LogP contribution in [0.5, 0.6) is 5.75 Å². The molecule has 154 valence electrons. The van der Waals surface area contributed by atoms with Crippen LogP contribution in [0.1, 0.15) is 11.1 Å². The summed E-state index contributed by atoms with van der Waals surface area (Å²) in [4.78, 5) is 13.0. The van der Waals surface area contributed by atoms with Gasteiger partial charge in [-0.05, 0) is 58.7 Å². The van der Waals surface area contributed by atoms with Gasteiger partial charge in [-0.3, -0.25) is 4.79 Å². The number of ether oxygens (including phenoxy) is 2. The van der Waals surface area contributed by atoms with Gasteiger partial charge in [0, 0.05) is 5.69 Å². The van der Waals surface area contributed by atoms with E-state index in [0.29, 0.717) is 11.4 Å². The number of aliphatic hydroxyl groups is 1. The van der Waals surface area contributed by atoms with E-state index >= 15 is 0 Å². The first-order valence-corrected chi connectivity index (χ1v) is 9.59. The first kappa shape index (κ1) is 20.1. The van der Waals surface area contributed by atoms with E-state index in [-0.39, 0.29) is 31.5 Å². The average molecular weight is 407 g/mol. The lowest BCUT2D eigenvalue weighted by Crippen LogP contribution is -2.55. The summed E-state index contributed by atoms with van der Waals surface area (Å²) >= 11 is 0. The molecule has 1 heterocycles. The van der Waals surface area contributed by atoms with Crippen molar-refractivity contribution in [3.8, 4) is 16.9 Å². The Morgan fingerprint density at radius 1 is 1.10 bits per heavy atom. The molecular weight excluding hydrogens is 385 g/mol.